The average Bonchev–Trinajstić information content (AvgIpc) is 2.17. The first kappa shape index (κ1) is 12.9. The largest absolute Gasteiger partial charge is 0.452 e. The molecule has 0 amide bonds. The first-order valence-corrected chi connectivity index (χ1v) is 5.92. The van der Waals surface area contributed by atoms with Crippen molar-refractivity contribution in [2.45, 2.75) is 57.5 Å². The van der Waals surface area contributed by atoms with E-state index in [0.29, 0.717) is 25.7 Å². The van der Waals surface area contributed by atoms with Crippen LogP contribution >= 0.6 is 0 Å². The van der Waals surface area contributed by atoms with Crippen LogP contribution < -0.4 is 0 Å². The van der Waals surface area contributed by atoms with Crippen molar-refractivity contribution in [1.82, 2.24) is 0 Å². The normalized spacial score (nSPS) is 19.1. The molecule has 0 radical (unpaired) electrons. The molecule has 0 aromatic rings. The minimum Gasteiger partial charge on any atom is -0.452 e. The third-order valence-electron chi connectivity index (χ3n) is 2.97. The summed E-state index contributed by atoms with van der Waals surface area (Å²) < 4.78 is 5.35. The number of nitrogens with zero attached hydrogens (tertiary/aromatic N) is 1. The highest BCUT2D eigenvalue weighted by molar-refractivity contribution is 5.69. The second-order valence-electron chi connectivity index (χ2n) is 4.46. The number of ether oxygens (including phenoxy) is 1. The summed E-state index contributed by atoms with van der Waals surface area (Å²) in [5.41, 5.74) is -0.825. The number of rotatable bonds is 5. The first-order chi connectivity index (χ1) is 7.58. The third-order valence-corrected chi connectivity index (χ3v) is 2.97. The molecule has 5 nitrogen and oxygen atoms in total. The van der Waals surface area contributed by atoms with Crippen molar-refractivity contribution >= 4 is 5.97 Å². The zero-order valence-corrected chi connectivity index (χ0v) is 9.74. The van der Waals surface area contributed by atoms with Crippen LogP contribution in [0.1, 0.15) is 51.9 Å². The van der Waals surface area contributed by atoms with Crippen molar-refractivity contribution in [3.63, 3.8) is 0 Å². The van der Waals surface area contributed by atoms with E-state index in [1.165, 1.54) is 0 Å². The Labute approximate surface area is 95.3 Å². The molecular formula is C11H19NO4. The Morgan fingerprint density at radius 2 is 2.00 bits per heavy atom. The smallest absolute Gasteiger partial charge is 0.306 e. The monoisotopic (exact) mass is 229 g/mol. The van der Waals surface area contributed by atoms with Gasteiger partial charge in [0.25, 0.3) is 0 Å². The molecule has 0 atom stereocenters. The Balaban J connectivity index is 2.62. The molecule has 1 fully saturated rings. The molecule has 5 heteroatoms. The highest BCUT2D eigenvalue weighted by Gasteiger charge is 2.40. The summed E-state index contributed by atoms with van der Waals surface area (Å²) in [6, 6.07) is 0. The number of hydrogen-bond acceptors (Lipinski definition) is 4. The number of carbonyl (C=O) groups is 1. The van der Waals surface area contributed by atoms with E-state index in [1.807, 2.05) is 6.92 Å². The zero-order chi connectivity index (χ0) is 12.0. The van der Waals surface area contributed by atoms with Gasteiger partial charge in [0.2, 0.25) is 6.54 Å². The van der Waals surface area contributed by atoms with Gasteiger partial charge >= 0.3 is 5.97 Å². The van der Waals surface area contributed by atoms with Gasteiger partial charge in [0.15, 0.2) is 5.60 Å². The highest BCUT2D eigenvalue weighted by atomic mass is 16.6. The van der Waals surface area contributed by atoms with Crippen LogP contribution in [0, 0.1) is 10.1 Å². The molecule has 0 heterocycles. The number of hydrogen-bond donors (Lipinski definition) is 0. The fourth-order valence-electron chi connectivity index (χ4n) is 2.22. The summed E-state index contributed by atoms with van der Waals surface area (Å²) in [6.07, 6.45) is 5.21. The third kappa shape index (κ3) is 3.79. The minimum absolute atomic E-state index is 0.248. The SMILES string of the molecule is CCCC(=O)OC1(C[N+](=O)[O-])CCCCC1. The lowest BCUT2D eigenvalue weighted by Gasteiger charge is -2.33. The van der Waals surface area contributed by atoms with Gasteiger partial charge in [-0.05, 0) is 32.1 Å². The minimum atomic E-state index is -0.825. The lowest BCUT2D eigenvalue weighted by Crippen LogP contribution is -2.43. The summed E-state index contributed by atoms with van der Waals surface area (Å²) in [5, 5.41) is 10.6. The zero-order valence-electron chi connectivity index (χ0n) is 9.74. The molecule has 0 aromatic carbocycles. The van der Waals surface area contributed by atoms with Gasteiger partial charge in [-0.2, -0.15) is 0 Å². The summed E-state index contributed by atoms with van der Waals surface area (Å²) in [4.78, 5) is 21.7. The Bertz CT molecular complexity index is 259. The molecule has 92 valence electrons. The summed E-state index contributed by atoms with van der Waals surface area (Å²) in [7, 11) is 0. The van der Waals surface area contributed by atoms with E-state index in [4.69, 9.17) is 4.74 Å². The van der Waals surface area contributed by atoms with Crippen LogP contribution in [0.25, 0.3) is 0 Å². The molecule has 0 spiro atoms. The molecule has 0 aliphatic heterocycles. The predicted molar refractivity (Wildman–Crippen MR) is 58.7 cm³/mol. The van der Waals surface area contributed by atoms with Crippen LogP contribution in [0.3, 0.4) is 0 Å². The maximum atomic E-state index is 11.5. The average molecular weight is 229 g/mol. The van der Waals surface area contributed by atoms with E-state index >= 15 is 0 Å². The molecule has 1 rings (SSSR count). The van der Waals surface area contributed by atoms with Crippen molar-refractivity contribution < 1.29 is 14.5 Å². The van der Waals surface area contributed by atoms with Crippen molar-refractivity contribution in [1.29, 1.82) is 0 Å². The Hall–Kier alpha value is -1.13. The molecular weight excluding hydrogens is 210 g/mol. The van der Waals surface area contributed by atoms with Gasteiger partial charge in [-0.1, -0.05) is 13.3 Å². The van der Waals surface area contributed by atoms with Crippen LogP contribution in [0.2, 0.25) is 0 Å². The van der Waals surface area contributed by atoms with E-state index in [1.54, 1.807) is 0 Å². The van der Waals surface area contributed by atoms with Crippen LogP contribution in [0.4, 0.5) is 0 Å². The van der Waals surface area contributed by atoms with Crippen LogP contribution in [0.5, 0.6) is 0 Å². The van der Waals surface area contributed by atoms with Gasteiger partial charge in [0.05, 0.1) is 0 Å². The second kappa shape index (κ2) is 5.82. The van der Waals surface area contributed by atoms with E-state index in [0.717, 1.165) is 19.3 Å². The molecule has 0 saturated heterocycles. The molecule has 1 aliphatic rings. The molecule has 0 aromatic heterocycles. The molecule has 0 N–H and O–H groups in total. The molecule has 16 heavy (non-hydrogen) atoms. The Kier molecular flexibility index (Phi) is 4.71. The molecule has 0 bridgehead atoms. The maximum Gasteiger partial charge on any atom is 0.306 e. The molecule has 1 aliphatic carbocycles. The lowest BCUT2D eigenvalue weighted by atomic mass is 9.84. The molecule has 0 unspecified atom stereocenters. The lowest BCUT2D eigenvalue weighted by molar-refractivity contribution is -0.501. The van der Waals surface area contributed by atoms with Crippen molar-refractivity contribution in [3.8, 4) is 0 Å². The number of esters is 1. The fraction of sp³-hybridized carbons (Fsp3) is 0.909. The molecule has 1 saturated carbocycles. The highest BCUT2D eigenvalue weighted by Crippen LogP contribution is 2.32. The van der Waals surface area contributed by atoms with Crippen LogP contribution in [-0.4, -0.2) is 23.0 Å². The standard InChI is InChI=1S/C11H19NO4/c1-2-6-10(13)16-11(9-12(14)15)7-4-3-5-8-11/h2-9H2,1H3. The van der Waals surface area contributed by atoms with Gasteiger partial charge < -0.3 is 4.74 Å². The van der Waals surface area contributed by atoms with Gasteiger partial charge in [0.1, 0.15) is 0 Å². The Morgan fingerprint density at radius 3 is 2.50 bits per heavy atom. The van der Waals surface area contributed by atoms with Crippen molar-refractivity contribution in [3.05, 3.63) is 10.1 Å². The summed E-state index contributed by atoms with van der Waals surface area (Å²) in [6.45, 7) is 1.64. The fourth-order valence-corrected chi connectivity index (χ4v) is 2.22. The van der Waals surface area contributed by atoms with Crippen LogP contribution in [-0.2, 0) is 9.53 Å². The summed E-state index contributed by atoms with van der Waals surface area (Å²) in [5.74, 6) is -0.300. The van der Waals surface area contributed by atoms with Crippen molar-refractivity contribution in [2.24, 2.45) is 0 Å². The topological polar surface area (TPSA) is 69.4 Å². The van der Waals surface area contributed by atoms with Gasteiger partial charge in [-0.25, -0.2) is 0 Å². The van der Waals surface area contributed by atoms with Gasteiger partial charge in [0, 0.05) is 11.3 Å². The number of carbonyl (C=O) groups excluding carboxylic acids is 1. The number of nitro groups is 1. The van der Waals surface area contributed by atoms with E-state index in [-0.39, 0.29) is 17.4 Å². The van der Waals surface area contributed by atoms with E-state index in [2.05, 4.69) is 0 Å². The van der Waals surface area contributed by atoms with E-state index < -0.39 is 5.60 Å². The van der Waals surface area contributed by atoms with Crippen LogP contribution in [0.15, 0.2) is 0 Å². The van der Waals surface area contributed by atoms with Crippen molar-refractivity contribution in [2.75, 3.05) is 6.54 Å². The van der Waals surface area contributed by atoms with Gasteiger partial charge in [-0.3, -0.25) is 14.9 Å². The van der Waals surface area contributed by atoms with Gasteiger partial charge in [-0.15, -0.1) is 0 Å². The predicted octanol–water partition coefficient (Wildman–Crippen LogP) is 2.31. The second-order valence-corrected chi connectivity index (χ2v) is 4.46. The Morgan fingerprint density at radius 1 is 1.38 bits per heavy atom. The maximum absolute atomic E-state index is 11.5. The van der Waals surface area contributed by atoms with E-state index in [9.17, 15) is 14.9 Å². The first-order valence-electron chi connectivity index (χ1n) is 5.92. The summed E-state index contributed by atoms with van der Waals surface area (Å²) >= 11 is 0. The quantitative estimate of drug-likeness (QED) is 0.412.